The molecule has 2 aromatic carbocycles. The lowest BCUT2D eigenvalue weighted by Crippen LogP contribution is -2.65. The van der Waals surface area contributed by atoms with Crippen molar-refractivity contribution in [3.8, 4) is 5.75 Å². The van der Waals surface area contributed by atoms with E-state index < -0.39 is 0 Å². The first-order valence-corrected chi connectivity index (χ1v) is 10.4. The van der Waals surface area contributed by atoms with Crippen LogP contribution in [0.25, 0.3) is 0 Å². The van der Waals surface area contributed by atoms with Crippen molar-refractivity contribution in [1.82, 2.24) is 10.2 Å². The fourth-order valence-corrected chi connectivity index (χ4v) is 4.97. The first-order valence-electron chi connectivity index (χ1n) is 10.4. The van der Waals surface area contributed by atoms with Gasteiger partial charge in [0.05, 0.1) is 18.6 Å². The molecular weight excluding hydrogens is 364 g/mol. The van der Waals surface area contributed by atoms with E-state index in [9.17, 15) is 9.59 Å². The Kier molecular flexibility index (Phi) is 5.56. The molecule has 1 saturated heterocycles. The van der Waals surface area contributed by atoms with E-state index in [-0.39, 0.29) is 29.8 Å². The number of nitrogens with zero attached hydrogens (tertiary/aromatic N) is 1. The molecule has 1 N–H and O–H groups in total. The number of rotatable bonds is 6. The van der Waals surface area contributed by atoms with Crippen LogP contribution in [0.1, 0.15) is 49.3 Å². The van der Waals surface area contributed by atoms with E-state index in [4.69, 9.17) is 4.74 Å². The van der Waals surface area contributed by atoms with Gasteiger partial charge < -0.3 is 15.0 Å². The Hall–Kier alpha value is -2.82. The largest absolute Gasteiger partial charge is 0.496 e. The lowest BCUT2D eigenvalue weighted by atomic mass is 9.60. The van der Waals surface area contributed by atoms with Gasteiger partial charge in [0.1, 0.15) is 12.3 Å². The molecule has 5 nitrogen and oxygen atoms in total. The van der Waals surface area contributed by atoms with Crippen LogP contribution in [-0.4, -0.2) is 30.4 Å². The zero-order valence-corrected chi connectivity index (χ0v) is 16.9. The van der Waals surface area contributed by atoms with Gasteiger partial charge in [0, 0.05) is 12.1 Å². The van der Waals surface area contributed by atoms with Crippen LogP contribution in [-0.2, 0) is 16.1 Å². The number of nitrogens with one attached hydrogen (secondary N) is 1. The summed E-state index contributed by atoms with van der Waals surface area (Å²) in [5.74, 6) is 0.741. The quantitative estimate of drug-likeness (QED) is 0.760. The monoisotopic (exact) mass is 392 g/mol. The molecule has 1 atom stereocenters. The van der Waals surface area contributed by atoms with Gasteiger partial charge in [-0.15, -0.1) is 0 Å². The number of para-hydroxylation sites is 1. The first kappa shape index (κ1) is 19.5. The molecule has 1 aliphatic carbocycles. The van der Waals surface area contributed by atoms with Crippen LogP contribution in [0.4, 0.5) is 0 Å². The zero-order chi connectivity index (χ0) is 20.3. The molecular formula is C24H28N2O3. The maximum absolute atomic E-state index is 13.2. The van der Waals surface area contributed by atoms with Crippen LogP contribution in [0, 0.1) is 5.41 Å². The Bertz CT molecular complexity index is 875. The molecule has 1 heterocycles. The van der Waals surface area contributed by atoms with Crippen molar-refractivity contribution in [1.29, 1.82) is 0 Å². The summed E-state index contributed by atoms with van der Waals surface area (Å²) in [5, 5.41) is 2.94. The number of likely N-dealkylation sites (tertiary alicyclic amines) is 1. The highest BCUT2D eigenvalue weighted by molar-refractivity contribution is 5.94. The van der Waals surface area contributed by atoms with Crippen molar-refractivity contribution in [3.63, 3.8) is 0 Å². The Labute approximate surface area is 172 Å². The van der Waals surface area contributed by atoms with Crippen LogP contribution in [0.15, 0.2) is 54.6 Å². The summed E-state index contributed by atoms with van der Waals surface area (Å²) < 4.78 is 5.34. The third-order valence-electron chi connectivity index (χ3n) is 6.37. The third-order valence-corrected chi connectivity index (χ3v) is 6.37. The summed E-state index contributed by atoms with van der Waals surface area (Å²) in [7, 11) is 1.62. The fourth-order valence-electron chi connectivity index (χ4n) is 4.97. The molecule has 29 heavy (non-hydrogen) atoms. The number of carbonyl (C=O) groups is 2. The summed E-state index contributed by atoms with van der Waals surface area (Å²) in [4.78, 5) is 27.6. The van der Waals surface area contributed by atoms with Gasteiger partial charge in [-0.25, -0.2) is 0 Å². The minimum absolute atomic E-state index is 0.00601. The summed E-state index contributed by atoms with van der Waals surface area (Å²) in [6, 6.07) is 17.8. The van der Waals surface area contributed by atoms with Crippen molar-refractivity contribution in [2.75, 3.05) is 13.7 Å². The lowest BCUT2D eigenvalue weighted by molar-refractivity contribution is -0.180. The van der Waals surface area contributed by atoms with Gasteiger partial charge >= 0.3 is 0 Å². The predicted molar refractivity (Wildman–Crippen MR) is 111 cm³/mol. The van der Waals surface area contributed by atoms with Crippen LogP contribution < -0.4 is 10.1 Å². The van der Waals surface area contributed by atoms with Crippen molar-refractivity contribution >= 4 is 11.8 Å². The van der Waals surface area contributed by atoms with E-state index in [2.05, 4.69) is 17.4 Å². The van der Waals surface area contributed by atoms with Crippen LogP contribution in [0.3, 0.4) is 0 Å². The SMILES string of the molecule is COc1ccccc1CNC(=O)CN1C(=O)C2(CCCCC2)C1c1ccccc1. The molecule has 2 aliphatic rings. The maximum Gasteiger partial charge on any atom is 0.239 e. The van der Waals surface area contributed by atoms with Crippen LogP contribution in [0.5, 0.6) is 5.75 Å². The van der Waals surface area contributed by atoms with E-state index in [1.807, 2.05) is 42.5 Å². The van der Waals surface area contributed by atoms with Gasteiger partial charge in [0.15, 0.2) is 0 Å². The minimum atomic E-state index is -0.317. The van der Waals surface area contributed by atoms with Crippen molar-refractivity contribution in [3.05, 3.63) is 65.7 Å². The minimum Gasteiger partial charge on any atom is -0.496 e. The van der Waals surface area contributed by atoms with Gasteiger partial charge in [-0.2, -0.15) is 0 Å². The van der Waals surface area contributed by atoms with Gasteiger partial charge in [0.2, 0.25) is 11.8 Å². The third kappa shape index (κ3) is 3.61. The standard InChI is InChI=1S/C24H28N2O3/c1-29-20-13-7-6-12-19(20)16-25-21(27)17-26-22(18-10-4-2-5-11-18)24(23(26)28)14-8-3-9-15-24/h2,4-7,10-13,22H,3,8-9,14-17H2,1H3,(H,25,27). The summed E-state index contributed by atoms with van der Waals surface area (Å²) in [5.41, 5.74) is 1.73. The lowest BCUT2D eigenvalue weighted by Gasteiger charge is -2.58. The number of methoxy groups -OCH3 is 1. The molecule has 1 unspecified atom stereocenters. The zero-order valence-electron chi connectivity index (χ0n) is 16.9. The van der Waals surface area contributed by atoms with E-state index in [0.29, 0.717) is 6.54 Å². The topological polar surface area (TPSA) is 58.6 Å². The molecule has 0 radical (unpaired) electrons. The van der Waals surface area contributed by atoms with Gasteiger partial charge in [-0.3, -0.25) is 9.59 Å². The molecule has 1 spiro atoms. The van der Waals surface area contributed by atoms with Crippen molar-refractivity contribution in [2.45, 2.75) is 44.7 Å². The molecule has 2 fully saturated rings. The van der Waals surface area contributed by atoms with Gasteiger partial charge in [-0.05, 0) is 24.5 Å². The van der Waals surface area contributed by atoms with Gasteiger partial charge in [-0.1, -0.05) is 67.8 Å². The Morgan fingerprint density at radius 2 is 1.76 bits per heavy atom. The second kappa shape index (κ2) is 8.27. The van der Waals surface area contributed by atoms with E-state index >= 15 is 0 Å². The van der Waals surface area contributed by atoms with E-state index in [0.717, 1.165) is 42.6 Å². The average molecular weight is 392 g/mol. The highest BCUT2D eigenvalue weighted by Crippen LogP contribution is 2.57. The molecule has 2 amide bonds. The Morgan fingerprint density at radius 1 is 1.07 bits per heavy atom. The number of hydrogen-bond acceptors (Lipinski definition) is 3. The highest BCUT2D eigenvalue weighted by atomic mass is 16.5. The second-order valence-electron chi connectivity index (χ2n) is 8.05. The average Bonchev–Trinajstić information content (AvgIpc) is 2.78. The van der Waals surface area contributed by atoms with Crippen molar-refractivity contribution in [2.24, 2.45) is 5.41 Å². The van der Waals surface area contributed by atoms with Crippen LogP contribution in [0.2, 0.25) is 0 Å². The molecule has 0 aromatic heterocycles. The molecule has 152 valence electrons. The van der Waals surface area contributed by atoms with E-state index in [1.54, 1.807) is 12.0 Å². The summed E-state index contributed by atoms with van der Waals surface area (Å²) >= 11 is 0. The van der Waals surface area contributed by atoms with E-state index in [1.165, 1.54) is 6.42 Å². The molecule has 2 aromatic rings. The predicted octanol–water partition coefficient (Wildman–Crippen LogP) is 3.85. The summed E-state index contributed by atoms with van der Waals surface area (Å²) in [6.07, 6.45) is 5.21. The smallest absolute Gasteiger partial charge is 0.239 e. The molecule has 4 rings (SSSR count). The fraction of sp³-hybridized carbons (Fsp3) is 0.417. The second-order valence-corrected chi connectivity index (χ2v) is 8.05. The van der Waals surface area contributed by atoms with Gasteiger partial charge in [0.25, 0.3) is 0 Å². The number of carbonyl (C=O) groups excluding carboxylic acids is 2. The molecule has 1 saturated carbocycles. The highest BCUT2D eigenvalue weighted by Gasteiger charge is 2.60. The Morgan fingerprint density at radius 3 is 2.48 bits per heavy atom. The van der Waals surface area contributed by atoms with Crippen LogP contribution >= 0.6 is 0 Å². The molecule has 5 heteroatoms. The normalized spacial score (nSPS) is 20.2. The Balaban J connectivity index is 1.47. The van der Waals surface area contributed by atoms with Crippen molar-refractivity contribution < 1.29 is 14.3 Å². The number of amides is 2. The molecule has 0 bridgehead atoms. The number of benzene rings is 2. The molecule has 1 aliphatic heterocycles. The first-order chi connectivity index (χ1) is 14.2. The number of hydrogen-bond donors (Lipinski definition) is 1. The maximum atomic E-state index is 13.2. The number of β-lactam (4-membered cyclic amide) rings is 1. The summed E-state index contributed by atoms with van der Waals surface area (Å²) in [6.45, 7) is 0.474. The number of ether oxygens (including phenoxy) is 1.